The number of thiocarbonyl (C=S) groups is 1. The first-order chi connectivity index (χ1) is 12.6. The fourth-order valence-corrected chi connectivity index (χ4v) is 3.93. The lowest BCUT2D eigenvalue weighted by Crippen LogP contribution is -2.29. The van der Waals surface area contributed by atoms with Gasteiger partial charge in [0.25, 0.3) is 5.91 Å². The largest absolute Gasteiger partial charge is 0.356 e. The Labute approximate surface area is 165 Å². The van der Waals surface area contributed by atoms with E-state index in [-0.39, 0.29) is 11.8 Å². The Hall–Kier alpha value is -1.66. The molecule has 1 saturated heterocycles. The van der Waals surface area contributed by atoms with Crippen molar-refractivity contribution in [2.75, 3.05) is 13.1 Å². The number of carbonyl (C=O) groups is 2. The maximum atomic E-state index is 12.5. The number of nitrogens with one attached hydrogen (secondary N) is 1. The number of benzene rings is 1. The molecular formula is C20H26N2O2S2. The molecule has 4 nitrogen and oxygen atoms in total. The van der Waals surface area contributed by atoms with Crippen LogP contribution < -0.4 is 5.32 Å². The minimum atomic E-state index is -0.0128. The molecule has 1 fully saturated rings. The lowest BCUT2D eigenvalue weighted by Gasteiger charge is -2.14. The zero-order valence-corrected chi connectivity index (χ0v) is 16.8. The Morgan fingerprint density at radius 2 is 1.96 bits per heavy atom. The van der Waals surface area contributed by atoms with E-state index in [4.69, 9.17) is 12.2 Å². The molecule has 1 N–H and O–H groups in total. The van der Waals surface area contributed by atoms with E-state index in [2.05, 4.69) is 12.2 Å². The van der Waals surface area contributed by atoms with E-state index in [1.807, 2.05) is 36.4 Å². The van der Waals surface area contributed by atoms with Gasteiger partial charge in [0, 0.05) is 19.5 Å². The van der Waals surface area contributed by atoms with Crippen molar-refractivity contribution in [1.29, 1.82) is 0 Å². The minimum absolute atomic E-state index is 0.0128. The van der Waals surface area contributed by atoms with Gasteiger partial charge in [0.15, 0.2) is 0 Å². The Bertz CT molecular complexity index is 659. The molecule has 0 spiro atoms. The Morgan fingerprint density at radius 3 is 2.69 bits per heavy atom. The molecule has 0 bridgehead atoms. The van der Waals surface area contributed by atoms with Crippen molar-refractivity contribution >= 4 is 46.2 Å². The predicted octanol–water partition coefficient (Wildman–Crippen LogP) is 4.36. The van der Waals surface area contributed by atoms with Gasteiger partial charge in [-0.15, -0.1) is 0 Å². The van der Waals surface area contributed by atoms with Gasteiger partial charge in [0.1, 0.15) is 4.32 Å². The lowest BCUT2D eigenvalue weighted by molar-refractivity contribution is -0.122. The van der Waals surface area contributed by atoms with Crippen molar-refractivity contribution in [3.8, 4) is 0 Å². The second-order valence-electron chi connectivity index (χ2n) is 6.26. The quantitative estimate of drug-likeness (QED) is 0.366. The molecule has 26 heavy (non-hydrogen) atoms. The topological polar surface area (TPSA) is 49.4 Å². The highest BCUT2D eigenvalue weighted by Crippen LogP contribution is 2.32. The summed E-state index contributed by atoms with van der Waals surface area (Å²) in [6.07, 6.45) is 7.16. The predicted molar refractivity (Wildman–Crippen MR) is 113 cm³/mol. The van der Waals surface area contributed by atoms with Crippen LogP contribution in [0.25, 0.3) is 6.08 Å². The van der Waals surface area contributed by atoms with E-state index in [1.54, 1.807) is 4.90 Å². The number of nitrogens with zero attached hydrogens (tertiary/aromatic N) is 1. The summed E-state index contributed by atoms with van der Waals surface area (Å²) in [7, 11) is 0. The first-order valence-corrected chi connectivity index (χ1v) is 10.4. The second-order valence-corrected chi connectivity index (χ2v) is 7.93. The number of amides is 2. The molecular weight excluding hydrogens is 364 g/mol. The molecule has 0 aromatic heterocycles. The zero-order chi connectivity index (χ0) is 18.8. The molecule has 1 heterocycles. The molecule has 1 aromatic rings. The summed E-state index contributed by atoms with van der Waals surface area (Å²) in [5.41, 5.74) is 1.00. The fraction of sp³-hybridized carbons (Fsp3) is 0.450. The molecule has 2 amide bonds. The molecule has 0 radical (unpaired) electrons. The molecule has 6 heteroatoms. The average Bonchev–Trinajstić information content (AvgIpc) is 2.89. The SMILES string of the molecule is CCCCNC(=O)CCCCCN1C(=O)/C(=C/c2ccccc2)SC1=S. The second kappa shape index (κ2) is 11.1. The molecule has 1 aliphatic rings. The standard InChI is InChI=1S/C20H26N2O2S2/c1-2-3-13-21-18(23)12-8-5-9-14-22-19(24)17(26-20(22)25)15-16-10-6-4-7-11-16/h4,6-7,10-11,15H,2-3,5,8-9,12-14H2,1H3,(H,21,23)/b17-15-. The van der Waals surface area contributed by atoms with Crippen LogP contribution in [0.5, 0.6) is 0 Å². The highest BCUT2D eigenvalue weighted by molar-refractivity contribution is 8.26. The molecule has 0 atom stereocenters. The summed E-state index contributed by atoms with van der Waals surface area (Å²) < 4.78 is 0.620. The summed E-state index contributed by atoms with van der Waals surface area (Å²) in [5, 5.41) is 2.92. The monoisotopic (exact) mass is 390 g/mol. The Morgan fingerprint density at radius 1 is 1.19 bits per heavy atom. The van der Waals surface area contributed by atoms with Crippen LogP contribution in [0.3, 0.4) is 0 Å². The zero-order valence-electron chi connectivity index (χ0n) is 15.2. The summed E-state index contributed by atoms with van der Waals surface area (Å²) in [5.74, 6) is 0.107. The van der Waals surface area contributed by atoms with E-state index < -0.39 is 0 Å². The molecule has 0 unspecified atom stereocenters. The van der Waals surface area contributed by atoms with Gasteiger partial charge in [-0.1, -0.05) is 74.1 Å². The van der Waals surface area contributed by atoms with Crippen molar-refractivity contribution in [3.63, 3.8) is 0 Å². The van der Waals surface area contributed by atoms with Gasteiger partial charge in [-0.3, -0.25) is 14.5 Å². The number of carbonyl (C=O) groups excluding carboxylic acids is 2. The average molecular weight is 391 g/mol. The first-order valence-electron chi connectivity index (χ1n) is 9.19. The lowest BCUT2D eigenvalue weighted by atomic mass is 10.1. The maximum absolute atomic E-state index is 12.5. The smallest absolute Gasteiger partial charge is 0.266 e. The number of rotatable bonds is 10. The van der Waals surface area contributed by atoms with E-state index >= 15 is 0 Å². The summed E-state index contributed by atoms with van der Waals surface area (Å²) >= 11 is 6.71. The highest BCUT2D eigenvalue weighted by Gasteiger charge is 2.31. The molecule has 140 valence electrons. The third-order valence-electron chi connectivity index (χ3n) is 4.11. The van der Waals surface area contributed by atoms with E-state index in [1.165, 1.54) is 11.8 Å². The Kier molecular flexibility index (Phi) is 8.85. The maximum Gasteiger partial charge on any atom is 0.266 e. The van der Waals surface area contributed by atoms with Crippen LogP contribution >= 0.6 is 24.0 Å². The van der Waals surface area contributed by atoms with Crippen molar-refractivity contribution in [2.24, 2.45) is 0 Å². The summed E-state index contributed by atoms with van der Waals surface area (Å²) in [6, 6.07) is 9.79. The molecule has 1 aromatic carbocycles. The number of unbranched alkanes of at least 4 members (excludes halogenated alkanes) is 3. The fourth-order valence-electron chi connectivity index (χ4n) is 2.62. The normalized spacial score (nSPS) is 15.7. The summed E-state index contributed by atoms with van der Waals surface area (Å²) in [4.78, 5) is 26.5. The van der Waals surface area contributed by atoms with Crippen LogP contribution in [0.1, 0.15) is 51.0 Å². The third-order valence-corrected chi connectivity index (χ3v) is 5.49. The van der Waals surface area contributed by atoms with E-state index in [9.17, 15) is 9.59 Å². The van der Waals surface area contributed by atoms with Gasteiger partial charge in [-0.25, -0.2) is 0 Å². The summed E-state index contributed by atoms with van der Waals surface area (Å²) in [6.45, 7) is 3.49. The van der Waals surface area contributed by atoms with Crippen molar-refractivity contribution in [1.82, 2.24) is 10.2 Å². The van der Waals surface area contributed by atoms with Gasteiger partial charge in [0.2, 0.25) is 5.91 Å². The van der Waals surface area contributed by atoms with Gasteiger partial charge < -0.3 is 5.32 Å². The van der Waals surface area contributed by atoms with Crippen molar-refractivity contribution in [3.05, 3.63) is 40.8 Å². The van der Waals surface area contributed by atoms with Crippen LogP contribution in [0.4, 0.5) is 0 Å². The first kappa shape index (κ1) is 20.6. The van der Waals surface area contributed by atoms with Gasteiger partial charge in [-0.2, -0.15) is 0 Å². The van der Waals surface area contributed by atoms with Gasteiger partial charge in [0.05, 0.1) is 4.91 Å². The number of hydrogen-bond donors (Lipinski definition) is 1. The van der Waals surface area contributed by atoms with Gasteiger partial charge >= 0.3 is 0 Å². The Balaban J connectivity index is 1.71. The van der Waals surface area contributed by atoms with Gasteiger partial charge in [-0.05, 0) is 30.9 Å². The third kappa shape index (κ3) is 6.57. The molecule has 2 rings (SSSR count). The van der Waals surface area contributed by atoms with Crippen LogP contribution in [0.2, 0.25) is 0 Å². The van der Waals surface area contributed by atoms with E-state index in [0.717, 1.165) is 44.2 Å². The molecule has 1 aliphatic heterocycles. The van der Waals surface area contributed by atoms with Crippen LogP contribution in [0.15, 0.2) is 35.2 Å². The number of thioether (sulfide) groups is 1. The van der Waals surface area contributed by atoms with Crippen LogP contribution in [-0.4, -0.2) is 34.1 Å². The highest BCUT2D eigenvalue weighted by atomic mass is 32.2. The molecule has 0 saturated carbocycles. The van der Waals surface area contributed by atoms with Crippen molar-refractivity contribution in [2.45, 2.75) is 45.4 Å². The molecule has 0 aliphatic carbocycles. The van der Waals surface area contributed by atoms with Crippen LogP contribution in [0, 0.1) is 0 Å². The van der Waals surface area contributed by atoms with Crippen LogP contribution in [-0.2, 0) is 9.59 Å². The van der Waals surface area contributed by atoms with E-state index in [0.29, 0.717) is 22.2 Å². The minimum Gasteiger partial charge on any atom is -0.356 e. The van der Waals surface area contributed by atoms with Crippen molar-refractivity contribution < 1.29 is 9.59 Å². The number of hydrogen-bond acceptors (Lipinski definition) is 4.